The van der Waals surface area contributed by atoms with E-state index in [-0.39, 0.29) is 16.6 Å². The quantitative estimate of drug-likeness (QED) is 0.705. The molecule has 0 aromatic heterocycles. The molecule has 2 N–H and O–H groups in total. The van der Waals surface area contributed by atoms with Gasteiger partial charge in [-0.25, -0.2) is 0 Å². The Labute approximate surface area is 72.9 Å². The smallest absolute Gasteiger partial charge is 0.147 e. The summed E-state index contributed by atoms with van der Waals surface area (Å²) in [5, 5.41) is 0. The fourth-order valence-electron chi connectivity index (χ4n) is 0.457. The Balaban J connectivity index is 3.63. The third-order valence-corrected chi connectivity index (χ3v) is 2.61. The largest absolute Gasteiger partial charge is 0.321 e. The molecular formula is C8H17NOS. The molecular weight excluding hydrogens is 158 g/mol. The van der Waals surface area contributed by atoms with Crippen LogP contribution >= 0.6 is 11.8 Å². The molecule has 0 saturated heterocycles. The molecule has 0 radical (unpaired) electrons. The van der Waals surface area contributed by atoms with Gasteiger partial charge in [0.25, 0.3) is 0 Å². The van der Waals surface area contributed by atoms with Crippen LogP contribution in [0.1, 0.15) is 27.7 Å². The van der Waals surface area contributed by atoms with Crippen LogP contribution in [-0.2, 0) is 4.79 Å². The van der Waals surface area contributed by atoms with Gasteiger partial charge in [-0.3, -0.25) is 4.79 Å². The molecule has 66 valence electrons. The van der Waals surface area contributed by atoms with E-state index in [1.165, 1.54) is 6.92 Å². The van der Waals surface area contributed by atoms with E-state index in [4.69, 9.17) is 5.73 Å². The van der Waals surface area contributed by atoms with E-state index in [2.05, 4.69) is 20.8 Å². The molecule has 0 unspecified atom stereocenters. The van der Waals surface area contributed by atoms with Crippen LogP contribution in [0.3, 0.4) is 0 Å². The van der Waals surface area contributed by atoms with E-state index in [1.807, 2.05) is 0 Å². The summed E-state index contributed by atoms with van der Waals surface area (Å²) >= 11 is 1.72. The molecule has 0 heterocycles. The summed E-state index contributed by atoms with van der Waals surface area (Å²) in [4.78, 5) is 10.7. The lowest BCUT2D eigenvalue weighted by molar-refractivity contribution is -0.117. The number of hydrogen-bond acceptors (Lipinski definition) is 3. The number of rotatable bonds is 3. The molecule has 0 rings (SSSR count). The van der Waals surface area contributed by atoms with Crippen molar-refractivity contribution in [3.63, 3.8) is 0 Å². The number of hydrogen-bond donors (Lipinski definition) is 1. The molecule has 1 atom stereocenters. The molecule has 0 saturated carbocycles. The second kappa shape index (κ2) is 4.12. The number of carbonyl (C=O) groups excluding carboxylic acids is 1. The van der Waals surface area contributed by atoms with Crippen molar-refractivity contribution in [2.24, 2.45) is 5.73 Å². The first-order chi connectivity index (χ1) is 4.83. The summed E-state index contributed by atoms with van der Waals surface area (Å²) in [7, 11) is 0. The average molecular weight is 175 g/mol. The van der Waals surface area contributed by atoms with Crippen LogP contribution in [0.4, 0.5) is 0 Å². The first-order valence-electron chi connectivity index (χ1n) is 3.73. The van der Waals surface area contributed by atoms with E-state index in [0.29, 0.717) is 0 Å². The molecule has 0 aliphatic rings. The maximum Gasteiger partial charge on any atom is 0.147 e. The second-order valence-corrected chi connectivity index (χ2v) is 5.49. The second-order valence-electron chi connectivity index (χ2n) is 3.64. The summed E-state index contributed by atoms with van der Waals surface area (Å²) in [6, 6.07) is -0.292. The van der Waals surface area contributed by atoms with Gasteiger partial charge in [-0.15, -0.1) is 0 Å². The van der Waals surface area contributed by atoms with Gasteiger partial charge in [0.05, 0.1) is 6.04 Å². The van der Waals surface area contributed by atoms with Crippen molar-refractivity contribution >= 4 is 17.5 Å². The van der Waals surface area contributed by atoms with Crippen molar-refractivity contribution < 1.29 is 4.79 Å². The maximum atomic E-state index is 10.7. The van der Waals surface area contributed by atoms with Crippen LogP contribution < -0.4 is 5.73 Å². The molecule has 3 heteroatoms. The number of thioether (sulfide) groups is 1. The monoisotopic (exact) mass is 175 g/mol. The number of ketones is 1. The lowest BCUT2D eigenvalue weighted by Crippen LogP contribution is -2.32. The van der Waals surface area contributed by atoms with Gasteiger partial charge < -0.3 is 5.73 Å². The Bertz CT molecular complexity index is 140. The zero-order valence-corrected chi connectivity index (χ0v) is 8.49. The minimum atomic E-state index is -0.292. The standard InChI is InChI=1S/C8H17NOS/c1-6(10)7(9)5-11-8(2,3)4/h7H,5,9H2,1-4H3/t7-/m1/s1. The minimum absolute atomic E-state index is 0.0711. The first-order valence-corrected chi connectivity index (χ1v) is 4.71. The highest BCUT2D eigenvalue weighted by molar-refractivity contribution is 8.00. The van der Waals surface area contributed by atoms with E-state index in [0.717, 1.165) is 5.75 Å². The third-order valence-electron chi connectivity index (χ3n) is 1.22. The van der Waals surface area contributed by atoms with Crippen molar-refractivity contribution in [2.45, 2.75) is 38.5 Å². The van der Waals surface area contributed by atoms with Crippen molar-refractivity contribution in [2.75, 3.05) is 5.75 Å². The molecule has 11 heavy (non-hydrogen) atoms. The fourth-order valence-corrected chi connectivity index (χ4v) is 1.37. The zero-order chi connectivity index (χ0) is 9.07. The van der Waals surface area contributed by atoms with E-state index >= 15 is 0 Å². The van der Waals surface area contributed by atoms with Crippen LogP contribution in [0, 0.1) is 0 Å². The van der Waals surface area contributed by atoms with Gasteiger partial charge in [-0.05, 0) is 6.92 Å². The van der Waals surface area contributed by atoms with Crippen molar-refractivity contribution in [3.8, 4) is 0 Å². The lowest BCUT2D eigenvalue weighted by atomic mass is 10.2. The maximum absolute atomic E-state index is 10.7. The van der Waals surface area contributed by atoms with Gasteiger partial charge in [-0.2, -0.15) is 11.8 Å². The van der Waals surface area contributed by atoms with E-state index in [1.54, 1.807) is 11.8 Å². The van der Waals surface area contributed by atoms with Gasteiger partial charge in [0.2, 0.25) is 0 Å². The highest BCUT2D eigenvalue weighted by atomic mass is 32.2. The lowest BCUT2D eigenvalue weighted by Gasteiger charge is -2.19. The Morgan fingerprint density at radius 2 is 2.00 bits per heavy atom. The summed E-state index contributed by atoms with van der Waals surface area (Å²) in [6.07, 6.45) is 0. The Morgan fingerprint density at radius 1 is 1.55 bits per heavy atom. The van der Waals surface area contributed by atoms with Gasteiger partial charge in [0.15, 0.2) is 0 Å². The van der Waals surface area contributed by atoms with Gasteiger partial charge in [0, 0.05) is 10.5 Å². The van der Waals surface area contributed by atoms with Crippen LogP contribution in [0.25, 0.3) is 0 Å². The van der Waals surface area contributed by atoms with Crippen molar-refractivity contribution in [1.29, 1.82) is 0 Å². The summed E-state index contributed by atoms with van der Waals surface area (Å²) in [5.41, 5.74) is 5.55. The predicted octanol–water partition coefficient (Wildman–Crippen LogP) is 1.43. The van der Waals surface area contributed by atoms with Crippen LogP contribution in [0.5, 0.6) is 0 Å². The summed E-state index contributed by atoms with van der Waals surface area (Å²) in [6.45, 7) is 7.88. The topological polar surface area (TPSA) is 43.1 Å². The molecule has 0 aromatic carbocycles. The van der Waals surface area contributed by atoms with Crippen molar-refractivity contribution in [3.05, 3.63) is 0 Å². The van der Waals surface area contributed by atoms with Crippen LogP contribution in [-0.4, -0.2) is 22.3 Å². The highest BCUT2D eigenvalue weighted by Gasteiger charge is 2.15. The Morgan fingerprint density at radius 3 is 2.27 bits per heavy atom. The SMILES string of the molecule is CC(=O)[C@H](N)CSC(C)(C)C. The third kappa shape index (κ3) is 6.38. The molecule has 0 bridgehead atoms. The van der Waals surface area contributed by atoms with E-state index < -0.39 is 0 Å². The molecule has 0 aromatic rings. The number of carbonyl (C=O) groups is 1. The van der Waals surface area contributed by atoms with Crippen LogP contribution in [0.15, 0.2) is 0 Å². The Hall–Kier alpha value is -0.0200. The van der Waals surface area contributed by atoms with Gasteiger partial charge in [0.1, 0.15) is 5.78 Å². The van der Waals surface area contributed by atoms with Gasteiger partial charge in [-0.1, -0.05) is 20.8 Å². The number of Topliss-reactive ketones (excluding diaryl/α,β-unsaturated/α-hetero) is 1. The van der Waals surface area contributed by atoms with Gasteiger partial charge >= 0.3 is 0 Å². The average Bonchev–Trinajstić information content (AvgIpc) is 1.80. The summed E-state index contributed by atoms with van der Waals surface area (Å²) < 4.78 is 0.201. The Kier molecular flexibility index (Phi) is 4.11. The molecule has 0 aliphatic heterocycles. The molecule has 0 spiro atoms. The molecule has 0 amide bonds. The van der Waals surface area contributed by atoms with E-state index in [9.17, 15) is 4.79 Å². The molecule has 2 nitrogen and oxygen atoms in total. The van der Waals surface area contributed by atoms with Crippen molar-refractivity contribution in [1.82, 2.24) is 0 Å². The molecule has 0 fully saturated rings. The fraction of sp³-hybridized carbons (Fsp3) is 0.875. The molecule has 0 aliphatic carbocycles. The highest BCUT2D eigenvalue weighted by Crippen LogP contribution is 2.23. The first kappa shape index (κ1) is 11.0. The number of nitrogens with two attached hydrogens (primary N) is 1. The zero-order valence-electron chi connectivity index (χ0n) is 7.68. The predicted molar refractivity (Wildman–Crippen MR) is 50.9 cm³/mol. The van der Waals surface area contributed by atoms with Crippen LogP contribution in [0.2, 0.25) is 0 Å². The summed E-state index contributed by atoms with van der Waals surface area (Å²) in [5.74, 6) is 0.792. The normalized spacial score (nSPS) is 14.6. The minimum Gasteiger partial charge on any atom is -0.321 e.